The minimum atomic E-state index is -3.47. The van der Waals surface area contributed by atoms with Gasteiger partial charge in [-0.25, -0.2) is 8.42 Å². The SMILES string of the molecule is O=C(CC1CCN(S(=O)(=O)c2ccc(Cl)s2)CC1)NCCCN1CCOCC1. The number of ether oxygens (including phenoxy) is 1. The van der Waals surface area contributed by atoms with E-state index in [1.807, 2.05) is 0 Å². The lowest BCUT2D eigenvalue weighted by Gasteiger charge is -2.30. The van der Waals surface area contributed by atoms with Crippen LogP contribution in [0.15, 0.2) is 16.3 Å². The highest BCUT2D eigenvalue weighted by Crippen LogP contribution is 2.31. The zero-order chi connectivity index (χ0) is 20.0. The van der Waals surface area contributed by atoms with Gasteiger partial charge in [0.05, 0.1) is 17.6 Å². The molecule has 0 saturated carbocycles. The Labute approximate surface area is 176 Å². The molecule has 10 heteroatoms. The summed E-state index contributed by atoms with van der Waals surface area (Å²) in [4.78, 5) is 14.5. The maximum absolute atomic E-state index is 12.6. The summed E-state index contributed by atoms with van der Waals surface area (Å²) in [5, 5.41) is 3.00. The average molecular weight is 450 g/mol. The monoisotopic (exact) mass is 449 g/mol. The van der Waals surface area contributed by atoms with Gasteiger partial charge in [-0.15, -0.1) is 11.3 Å². The number of hydrogen-bond donors (Lipinski definition) is 1. The van der Waals surface area contributed by atoms with Crippen LogP contribution in [-0.4, -0.2) is 76.0 Å². The molecule has 1 aromatic heterocycles. The zero-order valence-corrected chi connectivity index (χ0v) is 18.3. The molecule has 2 saturated heterocycles. The number of morpholine rings is 1. The summed E-state index contributed by atoms with van der Waals surface area (Å²) >= 11 is 6.95. The lowest BCUT2D eigenvalue weighted by molar-refractivity contribution is -0.122. The largest absolute Gasteiger partial charge is 0.379 e. The van der Waals surface area contributed by atoms with Crippen molar-refractivity contribution in [2.24, 2.45) is 5.92 Å². The van der Waals surface area contributed by atoms with Crippen LogP contribution in [0, 0.1) is 5.92 Å². The Balaban J connectivity index is 1.34. The van der Waals surface area contributed by atoms with Gasteiger partial charge >= 0.3 is 0 Å². The molecule has 0 aromatic carbocycles. The standard InChI is InChI=1S/C18H28ClN3O4S2/c19-16-2-3-18(27-16)28(24,25)22-8-4-15(5-9-22)14-17(23)20-6-1-7-21-10-12-26-13-11-21/h2-3,15H,1,4-14H2,(H,20,23). The molecule has 3 heterocycles. The predicted octanol–water partition coefficient (Wildman–Crippen LogP) is 2.03. The molecule has 0 atom stereocenters. The summed E-state index contributed by atoms with van der Waals surface area (Å²) in [7, 11) is -3.47. The van der Waals surface area contributed by atoms with Crippen LogP contribution >= 0.6 is 22.9 Å². The number of hydrogen-bond acceptors (Lipinski definition) is 6. The van der Waals surface area contributed by atoms with Gasteiger partial charge < -0.3 is 10.1 Å². The predicted molar refractivity (Wildman–Crippen MR) is 110 cm³/mol. The molecule has 0 unspecified atom stereocenters. The van der Waals surface area contributed by atoms with Gasteiger partial charge in [-0.3, -0.25) is 9.69 Å². The van der Waals surface area contributed by atoms with E-state index in [-0.39, 0.29) is 16.0 Å². The second-order valence-electron chi connectivity index (χ2n) is 7.27. The zero-order valence-electron chi connectivity index (χ0n) is 15.9. The summed E-state index contributed by atoms with van der Waals surface area (Å²) in [5.74, 6) is 0.297. The number of sulfonamides is 1. The van der Waals surface area contributed by atoms with Crippen LogP contribution in [-0.2, 0) is 19.6 Å². The molecule has 2 fully saturated rings. The van der Waals surface area contributed by atoms with Crippen LogP contribution in [0.2, 0.25) is 4.34 Å². The summed E-state index contributed by atoms with van der Waals surface area (Å²) < 4.78 is 32.8. The van der Waals surface area contributed by atoms with Gasteiger partial charge in [0.25, 0.3) is 10.0 Å². The molecule has 0 aliphatic carbocycles. The van der Waals surface area contributed by atoms with E-state index in [0.29, 0.717) is 43.2 Å². The maximum Gasteiger partial charge on any atom is 0.252 e. The fraction of sp³-hybridized carbons (Fsp3) is 0.722. The first-order valence-corrected chi connectivity index (χ1v) is 12.4. The quantitative estimate of drug-likeness (QED) is 0.614. The number of amides is 1. The lowest BCUT2D eigenvalue weighted by atomic mass is 9.94. The van der Waals surface area contributed by atoms with Crippen LogP contribution < -0.4 is 5.32 Å². The molecule has 0 spiro atoms. The Morgan fingerprint density at radius 2 is 1.93 bits per heavy atom. The minimum Gasteiger partial charge on any atom is -0.379 e. The highest BCUT2D eigenvalue weighted by molar-refractivity contribution is 7.91. The first kappa shape index (κ1) is 22.0. The molecule has 3 rings (SSSR count). The number of halogens is 1. The van der Waals surface area contributed by atoms with E-state index in [4.69, 9.17) is 16.3 Å². The highest BCUT2D eigenvalue weighted by Gasteiger charge is 2.31. The molecule has 1 aromatic rings. The second kappa shape index (κ2) is 10.4. The third kappa shape index (κ3) is 6.14. The molecule has 1 N–H and O–H groups in total. The van der Waals surface area contributed by atoms with Crippen molar-refractivity contribution in [1.82, 2.24) is 14.5 Å². The summed E-state index contributed by atoms with van der Waals surface area (Å²) in [6.07, 6.45) is 2.82. The van der Waals surface area contributed by atoms with Crippen molar-refractivity contribution in [3.63, 3.8) is 0 Å². The van der Waals surface area contributed by atoms with Gasteiger partial charge in [0.2, 0.25) is 5.91 Å². The van der Waals surface area contributed by atoms with Crippen molar-refractivity contribution < 1.29 is 17.9 Å². The molecule has 0 bridgehead atoms. The highest BCUT2D eigenvalue weighted by atomic mass is 35.5. The van der Waals surface area contributed by atoms with Gasteiger partial charge in [0.1, 0.15) is 4.21 Å². The molecule has 1 amide bonds. The van der Waals surface area contributed by atoms with Crippen LogP contribution in [0.3, 0.4) is 0 Å². The van der Waals surface area contributed by atoms with Crippen LogP contribution in [0.4, 0.5) is 0 Å². The van der Waals surface area contributed by atoms with E-state index in [9.17, 15) is 13.2 Å². The molecule has 0 radical (unpaired) electrons. The van der Waals surface area contributed by atoms with E-state index in [1.54, 1.807) is 12.1 Å². The van der Waals surface area contributed by atoms with Gasteiger partial charge in [0, 0.05) is 39.1 Å². The third-order valence-corrected chi connectivity index (χ3v) is 8.86. The molecule has 7 nitrogen and oxygen atoms in total. The summed E-state index contributed by atoms with van der Waals surface area (Å²) in [5.41, 5.74) is 0. The first-order chi connectivity index (χ1) is 13.4. The summed E-state index contributed by atoms with van der Waals surface area (Å²) in [6.45, 7) is 6.08. The van der Waals surface area contributed by atoms with Gasteiger partial charge in [-0.2, -0.15) is 4.31 Å². The van der Waals surface area contributed by atoms with Crippen molar-refractivity contribution in [2.45, 2.75) is 29.9 Å². The number of nitrogens with zero attached hydrogens (tertiary/aromatic N) is 2. The number of piperidine rings is 1. The normalized spacial score (nSPS) is 20.3. The summed E-state index contributed by atoms with van der Waals surface area (Å²) in [6, 6.07) is 3.16. The number of nitrogens with one attached hydrogen (secondary N) is 1. The average Bonchev–Trinajstić information content (AvgIpc) is 3.14. The van der Waals surface area contributed by atoms with Crippen LogP contribution in [0.5, 0.6) is 0 Å². The number of carbonyl (C=O) groups excluding carboxylic acids is 1. The van der Waals surface area contributed by atoms with E-state index in [2.05, 4.69) is 10.2 Å². The van der Waals surface area contributed by atoms with Crippen LogP contribution in [0.1, 0.15) is 25.7 Å². The molecule has 28 heavy (non-hydrogen) atoms. The second-order valence-corrected chi connectivity index (χ2v) is 11.1. The topological polar surface area (TPSA) is 79.0 Å². The number of carbonyl (C=O) groups is 1. The molecule has 158 valence electrons. The van der Waals surface area contributed by atoms with E-state index in [0.717, 1.165) is 50.6 Å². The van der Waals surface area contributed by atoms with Gasteiger partial charge in [0.15, 0.2) is 0 Å². The Bertz CT molecular complexity index is 742. The Hall–Kier alpha value is -0.710. The molecular formula is C18H28ClN3O4S2. The van der Waals surface area contributed by atoms with Crippen molar-refractivity contribution in [3.05, 3.63) is 16.5 Å². The van der Waals surface area contributed by atoms with Crippen molar-refractivity contribution >= 4 is 38.9 Å². The molecule has 2 aliphatic rings. The smallest absolute Gasteiger partial charge is 0.252 e. The lowest BCUT2D eigenvalue weighted by Crippen LogP contribution is -2.40. The Kier molecular flexibility index (Phi) is 8.13. The van der Waals surface area contributed by atoms with Crippen molar-refractivity contribution in [1.29, 1.82) is 0 Å². The van der Waals surface area contributed by atoms with Crippen LogP contribution in [0.25, 0.3) is 0 Å². The van der Waals surface area contributed by atoms with E-state index in [1.165, 1.54) is 4.31 Å². The molecule has 2 aliphatic heterocycles. The number of rotatable bonds is 8. The number of thiophene rings is 1. The first-order valence-electron chi connectivity index (χ1n) is 9.77. The fourth-order valence-electron chi connectivity index (χ4n) is 3.61. The molecular weight excluding hydrogens is 422 g/mol. The van der Waals surface area contributed by atoms with E-state index < -0.39 is 10.0 Å². The Morgan fingerprint density at radius 3 is 2.57 bits per heavy atom. The van der Waals surface area contributed by atoms with Gasteiger partial charge in [-0.05, 0) is 43.9 Å². The van der Waals surface area contributed by atoms with Crippen molar-refractivity contribution in [2.75, 3.05) is 52.5 Å². The maximum atomic E-state index is 12.6. The third-order valence-electron chi connectivity index (χ3n) is 5.27. The van der Waals surface area contributed by atoms with E-state index >= 15 is 0 Å². The van der Waals surface area contributed by atoms with Crippen molar-refractivity contribution in [3.8, 4) is 0 Å². The Morgan fingerprint density at radius 1 is 1.21 bits per heavy atom. The van der Waals surface area contributed by atoms with Gasteiger partial charge in [-0.1, -0.05) is 11.6 Å². The fourth-order valence-corrected chi connectivity index (χ4v) is 6.71. The minimum absolute atomic E-state index is 0.0633.